The van der Waals surface area contributed by atoms with Gasteiger partial charge in [0.15, 0.2) is 0 Å². The fourth-order valence-corrected chi connectivity index (χ4v) is 2.31. The largest absolute Gasteiger partial charge is 0.508 e. The normalized spacial score (nSPS) is 10.8. The summed E-state index contributed by atoms with van der Waals surface area (Å²) >= 11 is 5.99. The van der Waals surface area contributed by atoms with Crippen molar-refractivity contribution in [2.24, 2.45) is 4.99 Å². The summed E-state index contributed by atoms with van der Waals surface area (Å²) < 4.78 is 5.32. The molecule has 3 aromatic carbocycles. The van der Waals surface area contributed by atoms with Gasteiger partial charge in [-0.2, -0.15) is 0 Å². The van der Waals surface area contributed by atoms with Crippen LogP contribution in [-0.2, 0) is 0 Å². The van der Waals surface area contributed by atoms with Gasteiger partial charge >= 0.3 is 5.97 Å². The maximum atomic E-state index is 12.1. The van der Waals surface area contributed by atoms with Gasteiger partial charge in [-0.1, -0.05) is 23.7 Å². The van der Waals surface area contributed by atoms with Gasteiger partial charge in [-0.15, -0.1) is 0 Å². The first-order valence-electron chi connectivity index (χ1n) is 7.52. The predicted octanol–water partition coefficient (Wildman–Crippen LogP) is 5.02. The third kappa shape index (κ3) is 4.46. The van der Waals surface area contributed by atoms with Gasteiger partial charge in [-0.3, -0.25) is 4.99 Å². The van der Waals surface area contributed by atoms with Crippen molar-refractivity contribution in [1.29, 1.82) is 0 Å². The van der Waals surface area contributed by atoms with E-state index in [9.17, 15) is 9.90 Å². The van der Waals surface area contributed by atoms with Crippen LogP contribution in [0.5, 0.6) is 11.5 Å². The number of phenolic OH excluding ortho intramolecular Hbond substituents is 1. The van der Waals surface area contributed by atoms with E-state index < -0.39 is 5.97 Å². The molecule has 0 spiro atoms. The van der Waals surface area contributed by atoms with E-state index in [0.29, 0.717) is 16.3 Å². The average Bonchev–Trinajstić information content (AvgIpc) is 2.63. The minimum atomic E-state index is -0.504. The van der Waals surface area contributed by atoms with Gasteiger partial charge in [0.1, 0.15) is 11.5 Å². The third-order valence-corrected chi connectivity index (χ3v) is 3.73. The Bertz CT molecular complexity index is 903. The highest BCUT2D eigenvalue weighted by atomic mass is 35.5. The Labute approximate surface area is 150 Å². The Hall–Kier alpha value is -3.11. The monoisotopic (exact) mass is 351 g/mol. The molecule has 0 aliphatic carbocycles. The maximum Gasteiger partial charge on any atom is 0.345 e. The highest BCUT2D eigenvalue weighted by Crippen LogP contribution is 2.20. The number of benzene rings is 3. The van der Waals surface area contributed by atoms with E-state index in [1.807, 2.05) is 0 Å². The van der Waals surface area contributed by atoms with Crippen LogP contribution < -0.4 is 4.74 Å². The van der Waals surface area contributed by atoms with Crippen molar-refractivity contribution in [3.05, 3.63) is 88.9 Å². The second-order valence-electron chi connectivity index (χ2n) is 5.21. The maximum absolute atomic E-state index is 12.1. The summed E-state index contributed by atoms with van der Waals surface area (Å²) in [5.41, 5.74) is 1.90. The Morgan fingerprint density at radius 1 is 0.960 bits per heavy atom. The molecule has 0 saturated carbocycles. The van der Waals surface area contributed by atoms with Gasteiger partial charge in [-0.25, -0.2) is 4.79 Å². The predicted molar refractivity (Wildman–Crippen MR) is 98.2 cm³/mol. The minimum absolute atomic E-state index is 0.198. The summed E-state index contributed by atoms with van der Waals surface area (Å²) in [7, 11) is 0. The number of phenols is 1. The number of ether oxygens (including phenoxy) is 1. The zero-order valence-electron chi connectivity index (χ0n) is 13.1. The highest BCUT2D eigenvalue weighted by Gasteiger charge is 2.11. The first-order chi connectivity index (χ1) is 12.1. The van der Waals surface area contributed by atoms with Crippen molar-refractivity contribution in [2.45, 2.75) is 0 Å². The van der Waals surface area contributed by atoms with Crippen molar-refractivity contribution in [3.8, 4) is 11.5 Å². The summed E-state index contributed by atoms with van der Waals surface area (Å²) in [4.78, 5) is 16.4. The molecule has 0 heterocycles. The molecule has 0 unspecified atom stereocenters. The summed E-state index contributed by atoms with van der Waals surface area (Å²) in [6.07, 6.45) is 1.69. The van der Waals surface area contributed by atoms with Gasteiger partial charge in [0, 0.05) is 6.21 Å². The van der Waals surface area contributed by atoms with E-state index in [1.165, 1.54) is 0 Å². The average molecular weight is 352 g/mol. The molecule has 0 atom stereocenters. The molecule has 4 nitrogen and oxygen atoms in total. The molecule has 0 aliphatic heterocycles. The Kier molecular flexibility index (Phi) is 5.11. The van der Waals surface area contributed by atoms with Crippen LogP contribution in [0.3, 0.4) is 0 Å². The van der Waals surface area contributed by atoms with Crippen LogP contribution in [0.15, 0.2) is 77.8 Å². The van der Waals surface area contributed by atoms with E-state index in [0.717, 1.165) is 11.3 Å². The zero-order chi connectivity index (χ0) is 17.6. The first kappa shape index (κ1) is 16.7. The van der Waals surface area contributed by atoms with Gasteiger partial charge in [0.2, 0.25) is 0 Å². The molecular formula is C20H14ClNO3. The number of nitrogens with zero attached hydrogens (tertiary/aromatic N) is 1. The molecule has 25 heavy (non-hydrogen) atoms. The summed E-state index contributed by atoms with van der Waals surface area (Å²) in [6, 6.07) is 20.3. The van der Waals surface area contributed by atoms with Crippen LogP contribution in [0.4, 0.5) is 5.69 Å². The number of carbonyl (C=O) groups excluding carboxylic acids is 1. The minimum Gasteiger partial charge on any atom is -0.508 e. The lowest BCUT2D eigenvalue weighted by Gasteiger charge is -2.05. The van der Waals surface area contributed by atoms with Gasteiger partial charge in [0.25, 0.3) is 0 Å². The number of carbonyl (C=O) groups is 1. The molecule has 1 N–H and O–H groups in total. The van der Waals surface area contributed by atoms with Gasteiger partial charge in [0.05, 0.1) is 16.3 Å². The molecule has 0 radical (unpaired) electrons. The molecule has 0 fully saturated rings. The number of esters is 1. The van der Waals surface area contributed by atoms with Crippen LogP contribution in [0.25, 0.3) is 0 Å². The lowest BCUT2D eigenvalue weighted by molar-refractivity contribution is 0.0735. The molecule has 0 bridgehead atoms. The quantitative estimate of drug-likeness (QED) is 0.408. The summed E-state index contributed by atoms with van der Waals surface area (Å²) in [5, 5.41) is 9.59. The van der Waals surface area contributed by atoms with Crippen molar-refractivity contribution in [2.75, 3.05) is 0 Å². The van der Waals surface area contributed by atoms with E-state index >= 15 is 0 Å². The van der Waals surface area contributed by atoms with Crippen LogP contribution in [-0.4, -0.2) is 17.3 Å². The second kappa shape index (κ2) is 7.64. The standard InChI is InChI=1S/C20H14ClNO3/c21-19-4-2-1-3-18(19)20(24)25-17-11-5-14(6-12-17)13-22-15-7-9-16(23)10-8-15/h1-13,23H. The van der Waals surface area contributed by atoms with Gasteiger partial charge in [-0.05, 0) is 66.2 Å². The first-order valence-corrected chi connectivity index (χ1v) is 7.89. The summed E-state index contributed by atoms with van der Waals surface area (Å²) in [5.74, 6) is 0.117. The van der Waals surface area contributed by atoms with E-state index in [1.54, 1.807) is 79.0 Å². The lowest BCUT2D eigenvalue weighted by atomic mass is 10.2. The van der Waals surface area contributed by atoms with Crippen molar-refractivity contribution in [1.82, 2.24) is 0 Å². The van der Waals surface area contributed by atoms with E-state index in [-0.39, 0.29) is 5.75 Å². The van der Waals surface area contributed by atoms with Crippen LogP contribution in [0.2, 0.25) is 5.02 Å². The number of aromatic hydroxyl groups is 1. The lowest BCUT2D eigenvalue weighted by Crippen LogP contribution is -2.08. The number of rotatable bonds is 4. The Balaban J connectivity index is 1.67. The van der Waals surface area contributed by atoms with Crippen molar-refractivity contribution < 1.29 is 14.6 Å². The summed E-state index contributed by atoms with van der Waals surface area (Å²) in [6.45, 7) is 0. The fraction of sp³-hybridized carbons (Fsp3) is 0. The van der Waals surface area contributed by atoms with Crippen molar-refractivity contribution >= 4 is 29.5 Å². The Morgan fingerprint density at radius 3 is 2.32 bits per heavy atom. The molecular weight excluding hydrogens is 338 g/mol. The number of aliphatic imine (C=N–C) groups is 1. The van der Waals surface area contributed by atoms with E-state index in [2.05, 4.69) is 4.99 Å². The number of hydrogen-bond donors (Lipinski definition) is 1. The number of halogens is 1. The molecule has 124 valence electrons. The Morgan fingerprint density at radius 2 is 1.64 bits per heavy atom. The van der Waals surface area contributed by atoms with E-state index in [4.69, 9.17) is 16.3 Å². The molecule has 5 heteroatoms. The van der Waals surface area contributed by atoms with Crippen LogP contribution in [0, 0.1) is 0 Å². The molecule has 0 saturated heterocycles. The number of hydrogen-bond acceptors (Lipinski definition) is 4. The molecule has 0 aliphatic rings. The smallest absolute Gasteiger partial charge is 0.345 e. The molecule has 0 aromatic heterocycles. The van der Waals surface area contributed by atoms with Crippen molar-refractivity contribution in [3.63, 3.8) is 0 Å². The molecule has 3 aromatic rings. The SMILES string of the molecule is O=C(Oc1ccc(C=Nc2ccc(O)cc2)cc1)c1ccccc1Cl. The zero-order valence-corrected chi connectivity index (χ0v) is 13.9. The fourth-order valence-electron chi connectivity index (χ4n) is 2.10. The molecule has 0 amide bonds. The van der Waals surface area contributed by atoms with Crippen LogP contribution in [0.1, 0.15) is 15.9 Å². The molecule has 3 rings (SSSR count). The van der Waals surface area contributed by atoms with Crippen LogP contribution >= 0.6 is 11.6 Å². The topological polar surface area (TPSA) is 58.9 Å². The second-order valence-corrected chi connectivity index (χ2v) is 5.62. The third-order valence-electron chi connectivity index (χ3n) is 3.40. The van der Waals surface area contributed by atoms with Gasteiger partial charge < -0.3 is 9.84 Å². The highest BCUT2D eigenvalue weighted by molar-refractivity contribution is 6.33.